The number of nitrogens with one attached hydrogen (secondary N) is 1. The Morgan fingerprint density at radius 2 is 2.31 bits per heavy atom. The minimum absolute atomic E-state index is 0.191. The predicted octanol–water partition coefficient (Wildman–Crippen LogP) is 1.02. The van der Waals surface area contributed by atoms with Gasteiger partial charge in [-0.3, -0.25) is 4.90 Å². The third-order valence-electron chi connectivity index (χ3n) is 3.23. The molecular weight excluding hydrogens is 224 g/mol. The van der Waals surface area contributed by atoms with Gasteiger partial charge >= 0.3 is 0 Å². The molecule has 0 unspecified atom stereocenters. The second-order valence-corrected chi connectivity index (χ2v) is 7.00. The van der Waals surface area contributed by atoms with E-state index < -0.39 is 9.84 Å². The van der Waals surface area contributed by atoms with E-state index in [0.29, 0.717) is 12.3 Å². The van der Waals surface area contributed by atoms with E-state index in [1.54, 1.807) is 0 Å². The summed E-state index contributed by atoms with van der Waals surface area (Å²) < 4.78 is 23.4. The number of H-pyrrole nitrogens is 1. The van der Waals surface area contributed by atoms with Crippen molar-refractivity contribution < 1.29 is 8.42 Å². The second kappa shape index (κ2) is 4.59. The highest BCUT2D eigenvalue weighted by Crippen LogP contribution is 2.15. The maximum absolute atomic E-state index is 11.7. The highest BCUT2D eigenvalue weighted by atomic mass is 32.2. The summed E-state index contributed by atoms with van der Waals surface area (Å²) in [5.74, 6) is 0.290. The number of nitrogens with zero attached hydrogens (tertiary/aromatic N) is 1. The minimum Gasteiger partial charge on any atom is -0.367 e. The lowest BCUT2D eigenvalue weighted by Gasteiger charge is -2.18. The van der Waals surface area contributed by atoms with Gasteiger partial charge in [0.1, 0.15) is 0 Å². The first kappa shape index (κ1) is 11.7. The molecule has 0 radical (unpaired) electrons. The number of sulfone groups is 1. The summed E-state index contributed by atoms with van der Waals surface area (Å²) in [6.45, 7) is 4.17. The van der Waals surface area contributed by atoms with E-state index in [2.05, 4.69) is 9.88 Å². The summed E-state index contributed by atoms with van der Waals surface area (Å²) in [7, 11) is -2.86. The Morgan fingerprint density at radius 3 is 3.00 bits per heavy atom. The van der Waals surface area contributed by atoms with Gasteiger partial charge in [-0.2, -0.15) is 0 Å². The average molecular weight is 242 g/mol. The van der Waals surface area contributed by atoms with Crippen LogP contribution in [0.5, 0.6) is 0 Å². The summed E-state index contributed by atoms with van der Waals surface area (Å²) in [4.78, 5) is 5.23. The molecule has 0 spiro atoms. The van der Waals surface area contributed by atoms with Crippen LogP contribution in [0.15, 0.2) is 18.5 Å². The van der Waals surface area contributed by atoms with Crippen LogP contribution in [-0.4, -0.2) is 42.4 Å². The Bertz CT molecular complexity index is 425. The molecule has 0 aromatic carbocycles. The van der Waals surface area contributed by atoms with Crippen LogP contribution in [0, 0.1) is 0 Å². The fraction of sp³-hybridized carbons (Fsp3) is 0.636. The molecule has 1 saturated heterocycles. The molecule has 0 saturated carbocycles. The van der Waals surface area contributed by atoms with Crippen molar-refractivity contribution >= 4 is 9.84 Å². The van der Waals surface area contributed by atoms with E-state index in [-0.39, 0.29) is 5.25 Å². The molecule has 1 aliphatic rings. The molecule has 1 atom stereocenters. The molecule has 0 aliphatic carbocycles. The van der Waals surface area contributed by atoms with Crippen molar-refractivity contribution in [2.24, 2.45) is 0 Å². The second-order valence-electron chi connectivity index (χ2n) is 4.46. The van der Waals surface area contributed by atoms with Gasteiger partial charge in [0.05, 0.1) is 11.0 Å². The standard InChI is InChI=1S/C11H18N2O2S/c1-10-3-5-13(6-7-16(10,14)15)9-11-2-4-12-8-11/h2,4,8,10,12H,3,5-7,9H2,1H3/t10-/m1/s1. The number of rotatable bonds is 2. The Balaban J connectivity index is 1.99. The summed E-state index contributed by atoms with van der Waals surface area (Å²) in [6, 6.07) is 2.03. The minimum atomic E-state index is -2.86. The number of aromatic amines is 1. The van der Waals surface area contributed by atoms with Gasteiger partial charge in [0.25, 0.3) is 0 Å². The average Bonchev–Trinajstić information content (AvgIpc) is 2.70. The van der Waals surface area contributed by atoms with Crippen molar-refractivity contribution in [1.82, 2.24) is 9.88 Å². The lowest BCUT2D eigenvalue weighted by atomic mass is 10.2. The van der Waals surface area contributed by atoms with Gasteiger partial charge in [-0.15, -0.1) is 0 Å². The van der Waals surface area contributed by atoms with E-state index in [1.165, 1.54) is 5.56 Å². The van der Waals surface area contributed by atoms with Crippen molar-refractivity contribution in [3.05, 3.63) is 24.0 Å². The Morgan fingerprint density at radius 1 is 1.50 bits per heavy atom. The smallest absolute Gasteiger partial charge is 0.154 e. The monoisotopic (exact) mass is 242 g/mol. The topological polar surface area (TPSA) is 53.2 Å². The molecule has 0 bridgehead atoms. The number of hydrogen-bond acceptors (Lipinski definition) is 3. The van der Waals surface area contributed by atoms with Crippen molar-refractivity contribution in [1.29, 1.82) is 0 Å². The van der Waals surface area contributed by atoms with Crippen LogP contribution in [0.4, 0.5) is 0 Å². The summed E-state index contributed by atoms with van der Waals surface area (Å²) in [5.41, 5.74) is 1.21. The highest BCUT2D eigenvalue weighted by Gasteiger charge is 2.26. The largest absolute Gasteiger partial charge is 0.367 e. The molecule has 4 nitrogen and oxygen atoms in total. The van der Waals surface area contributed by atoms with Crippen molar-refractivity contribution in [2.75, 3.05) is 18.8 Å². The molecule has 1 aromatic rings. The molecule has 0 amide bonds. The van der Waals surface area contributed by atoms with E-state index in [1.807, 2.05) is 25.4 Å². The predicted molar refractivity (Wildman–Crippen MR) is 63.9 cm³/mol. The fourth-order valence-corrected chi connectivity index (χ4v) is 3.37. The van der Waals surface area contributed by atoms with Gasteiger partial charge in [0.15, 0.2) is 9.84 Å². The molecule has 16 heavy (non-hydrogen) atoms. The van der Waals surface area contributed by atoms with Crippen LogP contribution < -0.4 is 0 Å². The number of hydrogen-bond donors (Lipinski definition) is 1. The lowest BCUT2D eigenvalue weighted by Crippen LogP contribution is -2.26. The Labute approximate surface area is 96.6 Å². The van der Waals surface area contributed by atoms with Gasteiger partial charge in [0.2, 0.25) is 0 Å². The molecule has 1 N–H and O–H groups in total. The van der Waals surface area contributed by atoms with Gasteiger partial charge in [0, 0.05) is 25.5 Å². The fourth-order valence-electron chi connectivity index (χ4n) is 1.99. The van der Waals surface area contributed by atoms with Gasteiger partial charge in [-0.1, -0.05) is 0 Å². The molecule has 90 valence electrons. The molecule has 1 aromatic heterocycles. The Kier molecular flexibility index (Phi) is 3.35. The maximum atomic E-state index is 11.7. The van der Waals surface area contributed by atoms with E-state index in [0.717, 1.165) is 19.5 Å². The SMILES string of the molecule is C[C@@H]1CCN(Cc2cc[nH]c2)CCS1(=O)=O. The van der Waals surface area contributed by atoms with Gasteiger partial charge in [-0.25, -0.2) is 8.42 Å². The molecule has 2 heterocycles. The molecule has 1 fully saturated rings. The highest BCUT2D eigenvalue weighted by molar-refractivity contribution is 7.92. The zero-order valence-electron chi connectivity index (χ0n) is 9.52. The zero-order chi connectivity index (χ0) is 11.6. The maximum Gasteiger partial charge on any atom is 0.154 e. The van der Waals surface area contributed by atoms with E-state index in [4.69, 9.17) is 0 Å². The summed E-state index contributed by atoms with van der Waals surface area (Å²) >= 11 is 0. The molecule has 2 rings (SSSR count). The third kappa shape index (κ3) is 2.65. The third-order valence-corrected chi connectivity index (χ3v) is 5.44. The first-order chi connectivity index (χ1) is 7.58. The quantitative estimate of drug-likeness (QED) is 0.842. The zero-order valence-corrected chi connectivity index (χ0v) is 10.3. The first-order valence-corrected chi connectivity index (χ1v) is 7.35. The summed E-state index contributed by atoms with van der Waals surface area (Å²) in [5, 5.41) is -0.191. The van der Waals surface area contributed by atoms with Crippen molar-refractivity contribution in [3.63, 3.8) is 0 Å². The van der Waals surface area contributed by atoms with Gasteiger partial charge in [-0.05, 0) is 31.5 Å². The van der Waals surface area contributed by atoms with Crippen molar-refractivity contribution in [2.45, 2.75) is 25.1 Å². The van der Waals surface area contributed by atoms with Crippen LogP contribution in [0.2, 0.25) is 0 Å². The molecular formula is C11H18N2O2S. The van der Waals surface area contributed by atoms with Gasteiger partial charge < -0.3 is 4.98 Å². The van der Waals surface area contributed by atoms with E-state index >= 15 is 0 Å². The van der Waals surface area contributed by atoms with Crippen LogP contribution >= 0.6 is 0 Å². The van der Waals surface area contributed by atoms with Crippen LogP contribution in [0.3, 0.4) is 0 Å². The van der Waals surface area contributed by atoms with Crippen molar-refractivity contribution in [3.8, 4) is 0 Å². The molecule has 1 aliphatic heterocycles. The number of aromatic nitrogens is 1. The van der Waals surface area contributed by atoms with Crippen LogP contribution in [0.25, 0.3) is 0 Å². The Hall–Kier alpha value is -0.810. The normalized spacial score (nSPS) is 26.4. The van der Waals surface area contributed by atoms with Crippen LogP contribution in [-0.2, 0) is 16.4 Å². The van der Waals surface area contributed by atoms with Crippen LogP contribution in [0.1, 0.15) is 18.9 Å². The molecule has 5 heteroatoms. The summed E-state index contributed by atoms with van der Waals surface area (Å²) in [6.07, 6.45) is 4.60. The van der Waals surface area contributed by atoms with E-state index in [9.17, 15) is 8.42 Å². The first-order valence-electron chi connectivity index (χ1n) is 5.63. The lowest BCUT2D eigenvalue weighted by molar-refractivity contribution is 0.283.